The van der Waals surface area contributed by atoms with E-state index in [4.69, 9.17) is 9.26 Å². The zero-order valence-corrected chi connectivity index (χ0v) is 12.4. The van der Waals surface area contributed by atoms with E-state index in [1.807, 2.05) is 30.3 Å². The molecule has 5 heteroatoms. The summed E-state index contributed by atoms with van der Waals surface area (Å²) in [5, 5.41) is 4.06. The highest BCUT2D eigenvalue weighted by Gasteiger charge is 2.35. The Morgan fingerprint density at radius 3 is 2.86 bits per heavy atom. The minimum Gasteiger partial charge on any atom is -0.466 e. The molecule has 0 radical (unpaired) electrons. The summed E-state index contributed by atoms with van der Waals surface area (Å²) in [7, 11) is 0. The van der Waals surface area contributed by atoms with Crippen LogP contribution in [0.4, 0.5) is 0 Å². The Balaban J connectivity index is 1.89. The molecule has 1 aromatic heterocycles. The molecule has 0 saturated heterocycles. The Bertz CT molecular complexity index is 690. The third-order valence-corrected chi connectivity index (χ3v) is 3.87. The fraction of sp³-hybridized carbons (Fsp3) is 0.353. The molecular formula is C17H17NO4. The van der Waals surface area contributed by atoms with Gasteiger partial charge in [0.05, 0.1) is 18.6 Å². The molecule has 3 rings (SSSR count). The SMILES string of the molecule is CCOC(=O)CC1CCc2onc(-c3ccccc3)c2C1=O. The molecule has 0 bridgehead atoms. The zero-order chi connectivity index (χ0) is 15.5. The lowest BCUT2D eigenvalue weighted by Gasteiger charge is -2.19. The third-order valence-electron chi connectivity index (χ3n) is 3.87. The van der Waals surface area contributed by atoms with E-state index in [0.717, 1.165) is 5.56 Å². The standard InChI is InChI=1S/C17H17NO4/c1-2-21-14(19)10-12-8-9-13-15(17(12)20)16(18-22-13)11-6-4-3-5-7-11/h3-7,12H,2,8-10H2,1H3. The lowest BCUT2D eigenvalue weighted by molar-refractivity contribution is -0.144. The van der Waals surface area contributed by atoms with E-state index in [1.165, 1.54) is 0 Å². The molecule has 1 aliphatic carbocycles. The fourth-order valence-electron chi connectivity index (χ4n) is 2.80. The first-order valence-corrected chi connectivity index (χ1v) is 7.44. The molecule has 0 fully saturated rings. The normalized spacial score (nSPS) is 17.1. The number of aromatic nitrogens is 1. The highest BCUT2D eigenvalue weighted by atomic mass is 16.5. The number of fused-ring (bicyclic) bond motifs is 1. The summed E-state index contributed by atoms with van der Waals surface area (Å²) in [6.45, 7) is 2.08. The Morgan fingerprint density at radius 1 is 1.36 bits per heavy atom. The van der Waals surface area contributed by atoms with Crippen molar-refractivity contribution < 1.29 is 18.8 Å². The number of nitrogens with zero attached hydrogens (tertiary/aromatic N) is 1. The van der Waals surface area contributed by atoms with E-state index in [9.17, 15) is 9.59 Å². The monoisotopic (exact) mass is 299 g/mol. The predicted octanol–water partition coefficient (Wildman–Crippen LogP) is 3.04. The topological polar surface area (TPSA) is 69.4 Å². The maximum atomic E-state index is 12.7. The number of rotatable bonds is 4. The lowest BCUT2D eigenvalue weighted by Crippen LogP contribution is -2.25. The first-order chi connectivity index (χ1) is 10.7. The predicted molar refractivity (Wildman–Crippen MR) is 79.3 cm³/mol. The smallest absolute Gasteiger partial charge is 0.306 e. The Labute approximate surface area is 128 Å². The highest BCUT2D eigenvalue weighted by Crippen LogP contribution is 2.34. The van der Waals surface area contributed by atoms with Crippen LogP contribution in [-0.2, 0) is 16.0 Å². The van der Waals surface area contributed by atoms with Gasteiger partial charge in [0.15, 0.2) is 5.78 Å². The van der Waals surface area contributed by atoms with Crippen LogP contribution >= 0.6 is 0 Å². The summed E-state index contributed by atoms with van der Waals surface area (Å²) in [6.07, 6.45) is 1.32. The molecule has 114 valence electrons. The van der Waals surface area contributed by atoms with E-state index in [-0.39, 0.29) is 24.1 Å². The average Bonchev–Trinajstić information content (AvgIpc) is 2.96. The number of benzene rings is 1. The zero-order valence-electron chi connectivity index (χ0n) is 12.4. The molecule has 0 N–H and O–H groups in total. The Kier molecular flexibility index (Phi) is 4.04. The van der Waals surface area contributed by atoms with Gasteiger partial charge >= 0.3 is 5.97 Å². The van der Waals surface area contributed by atoms with Gasteiger partial charge in [-0.1, -0.05) is 35.5 Å². The van der Waals surface area contributed by atoms with Crippen molar-refractivity contribution >= 4 is 11.8 Å². The fourth-order valence-corrected chi connectivity index (χ4v) is 2.80. The summed E-state index contributed by atoms with van der Waals surface area (Å²) >= 11 is 0. The van der Waals surface area contributed by atoms with Crippen molar-refractivity contribution in [3.8, 4) is 11.3 Å². The first kappa shape index (κ1) is 14.5. The van der Waals surface area contributed by atoms with Gasteiger partial charge in [0, 0.05) is 17.9 Å². The van der Waals surface area contributed by atoms with Crippen molar-refractivity contribution in [2.24, 2.45) is 5.92 Å². The van der Waals surface area contributed by atoms with Crippen LogP contribution in [0.15, 0.2) is 34.9 Å². The van der Waals surface area contributed by atoms with Crippen LogP contribution in [0.25, 0.3) is 11.3 Å². The highest BCUT2D eigenvalue weighted by molar-refractivity contribution is 6.05. The largest absolute Gasteiger partial charge is 0.466 e. The minimum absolute atomic E-state index is 0.0746. The second-order valence-corrected chi connectivity index (χ2v) is 5.30. The first-order valence-electron chi connectivity index (χ1n) is 7.44. The second-order valence-electron chi connectivity index (χ2n) is 5.30. The van der Waals surface area contributed by atoms with Gasteiger partial charge in [0.1, 0.15) is 11.5 Å². The molecule has 0 aliphatic heterocycles. The van der Waals surface area contributed by atoms with E-state index in [0.29, 0.717) is 36.5 Å². The molecular weight excluding hydrogens is 282 g/mol. The van der Waals surface area contributed by atoms with Crippen molar-refractivity contribution in [2.45, 2.75) is 26.2 Å². The minimum atomic E-state index is -0.353. The molecule has 1 aliphatic rings. The van der Waals surface area contributed by atoms with Gasteiger partial charge < -0.3 is 9.26 Å². The van der Waals surface area contributed by atoms with E-state index in [1.54, 1.807) is 6.92 Å². The molecule has 1 heterocycles. The molecule has 0 amide bonds. The van der Waals surface area contributed by atoms with Gasteiger partial charge in [-0.3, -0.25) is 9.59 Å². The van der Waals surface area contributed by atoms with Crippen molar-refractivity contribution in [3.05, 3.63) is 41.7 Å². The maximum Gasteiger partial charge on any atom is 0.306 e. The number of esters is 1. The van der Waals surface area contributed by atoms with Gasteiger partial charge in [-0.2, -0.15) is 0 Å². The molecule has 5 nitrogen and oxygen atoms in total. The van der Waals surface area contributed by atoms with Crippen molar-refractivity contribution in [1.29, 1.82) is 0 Å². The van der Waals surface area contributed by atoms with Crippen LogP contribution < -0.4 is 0 Å². The van der Waals surface area contributed by atoms with Gasteiger partial charge in [-0.05, 0) is 13.3 Å². The molecule has 2 aromatic rings. The van der Waals surface area contributed by atoms with Crippen LogP contribution in [0.1, 0.15) is 35.9 Å². The molecule has 1 unspecified atom stereocenters. The summed E-state index contributed by atoms with van der Waals surface area (Å²) in [5.74, 6) is -0.145. The summed E-state index contributed by atoms with van der Waals surface area (Å²) in [6, 6.07) is 9.46. The average molecular weight is 299 g/mol. The molecule has 1 aromatic carbocycles. The van der Waals surface area contributed by atoms with Crippen LogP contribution in [0.3, 0.4) is 0 Å². The third kappa shape index (κ3) is 2.66. The maximum absolute atomic E-state index is 12.7. The number of ether oxygens (including phenoxy) is 1. The molecule has 0 saturated carbocycles. The van der Waals surface area contributed by atoms with Crippen molar-refractivity contribution in [2.75, 3.05) is 6.61 Å². The van der Waals surface area contributed by atoms with E-state index in [2.05, 4.69) is 5.16 Å². The van der Waals surface area contributed by atoms with Crippen molar-refractivity contribution in [3.63, 3.8) is 0 Å². The summed E-state index contributed by atoms with van der Waals surface area (Å²) in [4.78, 5) is 24.4. The number of carbonyl (C=O) groups excluding carboxylic acids is 2. The molecule has 22 heavy (non-hydrogen) atoms. The Morgan fingerprint density at radius 2 is 2.14 bits per heavy atom. The van der Waals surface area contributed by atoms with E-state index >= 15 is 0 Å². The Hall–Kier alpha value is -2.43. The lowest BCUT2D eigenvalue weighted by atomic mass is 9.83. The number of Topliss-reactive ketones (excluding diaryl/α,β-unsaturated/α-hetero) is 1. The van der Waals surface area contributed by atoms with Crippen LogP contribution in [0, 0.1) is 5.92 Å². The number of hydrogen-bond donors (Lipinski definition) is 0. The summed E-state index contributed by atoms with van der Waals surface area (Å²) < 4.78 is 10.3. The van der Waals surface area contributed by atoms with Crippen LogP contribution in [0.5, 0.6) is 0 Å². The van der Waals surface area contributed by atoms with Crippen LogP contribution in [0.2, 0.25) is 0 Å². The van der Waals surface area contributed by atoms with Gasteiger partial charge in [-0.25, -0.2) is 0 Å². The van der Waals surface area contributed by atoms with Crippen LogP contribution in [-0.4, -0.2) is 23.5 Å². The number of hydrogen-bond acceptors (Lipinski definition) is 5. The number of aryl methyl sites for hydroxylation is 1. The molecule has 1 atom stereocenters. The second kappa shape index (κ2) is 6.13. The van der Waals surface area contributed by atoms with Gasteiger partial charge in [-0.15, -0.1) is 0 Å². The summed E-state index contributed by atoms with van der Waals surface area (Å²) in [5.41, 5.74) is 1.93. The van der Waals surface area contributed by atoms with Crippen molar-refractivity contribution in [1.82, 2.24) is 5.16 Å². The quantitative estimate of drug-likeness (QED) is 0.812. The van der Waals surface area contributed by atoms with E-state index < -0.39 is 0 Å². The van der Waals surface area contributed by atoms with Gasteiger partial charge in [0.25, 0.3) is 0 Å². The number of ketones is 1. The molecule has 0 spiro atoms. The van der Waals surface area contributed by atoms with Gasteiger partial charge in [0.2, 0.25) is 0 Å². The number of carbonyl (C=O) groups is 2.